The molecule has 96 valence electrons. The molecule has 3 heteroatoms. The smallest absolute Gasteiger partial charge is 0.308 e. The molecule has 0 saturated heterocycles. The normalized spacial score (nSPS) is 10.6. The Hall–Kier alpha value is -2.42. The molecule has 0 spiro atoms. The van der Waals surface area contributed by atoms with Crippen molar-refractivity contribution >= 4 is 17.9 Å². The summed E-state index contributed by atoms with van der Waals surface area (Å²) in [5.74, 6) is 0.183. The molecular formula is C16H15NO2. The monoisotopic (exact) mass is 253 g/mol. The third-order valence-corrected chi connectivity index (χ3v) is 2.53. The molecule has 0 saturated carbocycles. The number of aryl methyl sites for hydroxylation is 1. The van der Waals surface area contributed by atoms with E-state index < -0.39 is 0 Å². The summed E-state index contributed by atoms with van der Waals surface area (Å²) in [6.45, 7) is 3.40. The first kappa shape index (κ1) is 13.0. The molecule has 19 heavy (non-hydrogen) atoms. The lowest BCUT2D eigenvalue weighted by molar-refractivity contribution is -0.131. The van der Waals surface area contributed by atoms with Crippen LogP contribution in [-0.4, -0.2) is 12.2 Å². The van der Waals surface area contributed by atoms with E-state index in [-0.39, 0.29) is 5.97 Å². The molecule has 0 N–H and O–H groups in total. The molecule has 0 amide bonds. The molecule has 0 aliphatic heterocycles. The first-order valence-electron chi connectivity index (χ1n) is 6.03. The molecule has 2 rings (SSSR count). The van der Waals surface area contributed by atoms with Crippen molar-refractivity contribution in [1.29, 1.82) is 0 Å². The number of para-hydroxylation sites is 1. The minimum atomic E-state index is -0.337. The van der Waals surface area contributed by atoms with Crippen molar-refractivity contribution in [3.05, 3.63) is 59.7 Å². The van der Waals surface area contributed by atoms with E-state index in [9.17, 15) is 4.79 Å². The van der Waals surface area contributed by atoms with Crippen LogP contribution in [0.15, 0.2) is 53.5 Å². The molecule has 0 aliphatic carbocycles. The highest BCUT2D eigenvalue weighted by atomic mass is 16.5. The number of nitrogens with zero attached hydrogens (tertiary/aromatic N) is 1. The van der Waals surface area contributed by atoms with Gasteiger partial charge in [-0.2, -0.15) is 0 Å². The minimum Gasteiger partial charge on any atom is -0.426 e. The SMILES string of the molecule is CC(=O)Oc1ccccc1C=Nc1cccc(C)c1. The predicted octanol–water partition coefficient (Wildman–Crippen LogP) is 3.67. The molecule has 2 aromatic rings. The number of hydrogen-bond acceptors (Lipinski definition) is 3. The van der Waals surface area contributed by atoms with Crippen LogP contribution < -0.4 is 4.74 Å². The number of rotatable bonds is 3. The summed E-state index contributed by atoms with van der Waals surface area (Å²) in [7, 11) is 0. The molecular weight excluding hydrogens is 238 g/mol. The summed E-state index contributed by atoms with van der Waals surface area (Å²) in [6.07, 6.45) is 1.70. The average molecular weight is 253 g/mol. The maximum absolute atomic E-state index is 11.0. The van der Waals surface area contributed by atoms with Gasteiger partial charge in [-0.15, -0.1) is 0 Å². The lowest BCUT2D eigenvalue weighted by atomic mass is 10.2. The fraction of sp³-hybridized carbons (Fsp3) is 0.125. The van der Waals surface area contributed by atoms with Crippen LogP contribution in [-0.2, 0) is 4.79 Å². The lowest BCUT2D eigenvalue weighted by Gasteiger charge is -2.04. The zero-order valence-corrected chi connectivity index (χ0v) is 11.0. The highest BCUT2D eigenvalue weighted by molar-refractivity contribution is 5.86. The molecule has 0 unspecified atom stereocenters. The van der Waals surface area contributed by atoms with Gasteiger partial charge in [-0.1, -0.05) is 24.3 Å². The van der Waals surface area contributed by atoms with E-state index in [1.807, 2.05) is 49.4 Å². The van der Waals surface area contributed by atoms with Crippen molar-refractivity contribution < 1.29 is 9.53 Å². The van der Waals surface area contributed by atoms with E-state index in [0.717, 1.165) is 16.8 Å². The summed E-state index contributed by atoms with van der Waals surface area (Å²) in [6, 6.07) is 15.2. The van der Waals surface area contributed by atoms with Gasteiger partial charge in [0.15, 0.2) is 0 Å². The number of carbonyl (C=O) groups is 1. The average Bonchev–Trinajstić information content (AvgIpc) is 2.37. The van der Waals surface area contributed by atoms with Gasteiger partial charge in [0, 0.05) is 18.7 Å². The number of benzene rings is 2. The molecule has 0 radical (unpaired) electrons. The predicted molar refractivity (Wildman–Crippen MR) is 76.2 cm³/mol. The van der Waals surface area contributed by atoms with Crippen molar-refractivity contribution in [2.24, 2.45) is 4.99 Å². The largest absolute Gasteiger partial charge is 0.426 e. The molecule has 0 bridgehead atoms. The molecule has 2 aromatic carbocycles. The van der Waals surface area contributed by atoms with Crippen molar-refractivity contribution in [1.82, 2.24) is 0 Å². The summed E-state index contributed by atoms with van der Waals surface area (Å²) >= 11 is 0. The molecule has 0 aliphatic rings. The first-order chi connectivity index (χ1) is 9.15. The van der Waals surface area contributed by atoms with Gasteiger partial charge in [-0.3, -0.25) is 9.79 Å². The van der Waals surface area contributed by atoms with Gasteiger partial charge in [-0.05, 0) is 36.8 Å². The maximum Gasteiger partial charge on any atom is 0.308 e. The summed E-state index contributed by atoms with van der Waals surface area (Å²) in [5.41, 5.74) is 2.81. The zero-order chi connectivity index (χ0) is 13.7. The Morgan fingerprint density at radius 2 is 1.95 bits per heavy atom. The number of hydrogen-bond donors (Lipinski definition) is 0. The van der Waals surface area contributed by atoms with Crippen LogP contribution in [0.3, 0.4) is 0 Å². The van der Waals surface area contributed by atoms with Crippen molar-refractivity contribution in [3.8, 4) is 5.75 Å². The minimum absolute atomic E-state index is 0.337. The van der Waals surface area contributed by atoms with E-state index in [1.54, 1.807) is 12.3 Å². The Bertz CT molecular complexity index is 618. The van der Waals surface area contributed by atoms with E-state index in [0.29, 0.717) is 5.75 Å². The maximum atomic E-state index is 11.0. The standard InChI is InChI=1S/C16H15NO2/c1-12-6-5-8-15(10-12)17-11-14-7-3-4-9-16(14)19-13(2)18/h3-11H,1-2H3. The number of esters is 1. The molecule has 0 aromatic heterocycles. The van der Waals surface area contributed by atoms with E-state index >= 15 is 0 Å². The number of aliphatic imine (C=N–C) groups is 1. The molecule has 3 nitrogen and oxygen atoms in total. The Morgan fingerprint density at radius 1 is 1.16 bits per heavy atom. The second-order valence-corrected chi connectivity index (χ2v) is 4.23. The first-order valence-corrected chi connectivity index (χ1v) is 6.03. The quantitative estimate of drug-likeness (QED) is 0.475. The summed E-state index contributed by atoms with van der Waals surface area (Å²) in [5, 5.41) is 0. The Balaban J connectivity index is 2.25. The van der Waals surface area contributed by atoms with E-state index in [4.69, 9.17) is 4.74 Å². The number of ether oxygens (including phenoxy) is 1. The van der Waals surface area contributed by atoms with E-state index in [2.05, 4.69) is 4.99 Å². The van der Waals surface area contributed by atoms with Crippen LogP contribution in [0.4, 0.5) is 5.69 Å². The van der Waals surface area contributed by atoms with Gasteiger partial charge < -0.3 is 4.74 Å². The third-order valence-electron chi connectivity index (χ3n) is 2.53. The van der Waals surface area contributed by atoms with Gasteiger partial charge in [0.05, 0.1) is 5.69 Å². The Kier molecular flexibility index (Phi) is 4.08. The van der Waals surface area contributed by atoms with Crippen LogP contribution >= 0.6 is 0 Å². The highest BCUT2D eigenvalue weighted by Gasteiger charge is 2.02. The van der Waals surface area contributed by atoms with Crippen molar-refractivity contribution in [2.45, 2.75) is 13.8 Å². The second kappa shape index (κ2) is 5.96. The third kappa shape index (κ3) is 3.78. The Labute approximate surface area is 112 Å². The van der Waals surface area contributed by atoms with Crippen molar-refractivity contribution in [3.63, 3.8) is 0 Å². The van der Waals surface area contributed by atoms with Gasteiger partial charge >= 0.3 is 5.97 Å². The number of carbonyl (C=O) groups excluding carboxylic acids is 1. The molecule has 0 fully saturated rings. The van der Waals surface area contributed by atoms with Gasteiger partial charge in [-0.25, -0.2) is 0 Å². The van der Waals surface area contributed by atoms with Crippen LogP contribution in [0.1, 0.15) is 18.1 Å². The second-order valence-electron chi connectivity index (χ2n) is 4.23. The van der Waals surface area contributed by atoms with Crippen LogP contribution in [0.25, 0.3) is 0 Å². The fourth-order valence-corrected chi connectivity index (χ4v) is 1.69. The highest BCUT2D eigenvalue weighted by Crippen LogP contribution is 2.18. The van der Waals surface area contributed by atoms with E-state index in [1.165, 1.54) is 6.92 Å². The van der Waals surface area contributed by atoms with Crippen LogP contribution in [0.5, 0.6) is 5.75 Å². The summed E-state index contributed by atoms with van der Waals surface area (Å²) in [4.78, 5) is 15.4. The molecule has 0 heterocycles. The topological polar surface area (TPSA) is 38.7 Å². The van der Waals surface area contributed by atoms with Crippen molar-refractivity contribution in [2.75, 3.05) is 0 Å². The zero-order valence-electron chi connectivity index (χ0n) is 11.0. The van der Waals surface area contributed by atoms with Crippen LogP contribution in [0.2, 0.25) is 0 Å². The van der Waals surface area contributed by atoms with Crippen LogP contribution in [0, 0.1) is 6.92 Å². The fourth-order valence-electron chi connectivity index (χ4n) is 1.69. The lowest BCUT2D eigenvalue weighted by Crippen LogP contribution is -2.03. The van der Waals surface area contributed by atoms with Gasteiger partial charge in [0.2, 0.25) is 0 Å². The van der Waals surface area contributed by atoms with Gasteiger partial charge in [0.1, 0.15) is 5.75 Å². The Morgan fingerprint density at radius 3 is 2.68 bits per heavy atom. The molecule has 0 atom stereocenters. The summed E-state index contributed by atoms with van der Waals surface area (Å²) < 4.78 is 5.13. The van der Waals surface area contributed by atoms with Gasteiger partial charge in [0.25, 0.3) is 0 Å².